The van der Waals surface area contributed by atoms with Gasteiger partial charge in [-0.1, -0.05) is 0 Å². The molecule has 1 amide bonds. The highest BCUT2D eigenvalue weighted by Gasteiger charge is 2.24. The molecule has 1 aromatic rings. The van der Waals surface area contributed by atoms with Crippen molar-refractivity contribution in [1.82, 2.24) is 9.88 Å². The Morgan fingerprint density at radius 3 is 3.06 bits per heavy atom. The molecule has 1 aliphatic heterocycles. The number of rotatable bonds is 2. The Kier molecular flexibility index (Phi) is 3.33. The normalized spacial score (nSPS) is 19.7. The molecule has 1 unspecified atom stereocenters. The number of hydrogen-bond acceptors (Lipinski definition) is 3. The number of pyridine rings is 1. The highest BCUT2D eigenvalue weighted by atomic mass is 32.2. The Bertz CT molecular complexity index is 438. The summed E-state index contributed by atoms with van der Waals surface area (Å²) in [6.07, 6.45) is 2.54. The molecule has 0 spiro atoms. The van der Waals surface area contributed by atoms with Gasteiger partial charge < -0.3 is 9.88 Å². The summed E-state index contributed by atoms with van der Waals surface area (Å²) in [5.41, 5.74) is 0.225. The third-order valence-corrected chi connectivity index (χ3v) is 3.94. The predicted molar refractivity (Wildman–Crippen MR) is 64.9 cm³/mol. The molecular weight excluding hydrogens is 224 g/mol. The second kappa shape index (κ2) is 4.74. The minimum atomic E-state index is -0.236. The van der Waals surface area contributed by atoms with Crippen molar-refractivity contribution in [1.29, 1.82) is 0 Å². The van der Waals surface area contributed by atoms with Crippen molar-refractivity contribution < 1.29 is 4.79 Å². The van der Waals surface area contributed by atoms with Crippen LogP contribution in [0.3, 0.4) is 0 Å². The van der Waals surface area contributed by atoms with Crippen molar-refractivity contribution in [3.63, 3.8) is 0 Å². The van der Waals surface area contributed by atoms with Gasteiger partial charge >= 0.3 is 0 Å². The number of aromatic amines is 1. The van der Waals surface area contributed by atoms with E-state index >= 15 is 0 Å². The maximum Gasteiger partial charge on any atom is 0.254 e. The van der Waals surface area contributed by atoms with E-state index < -0.39 is 0 Å². The number of nitrogens with one attached hydrogen (secondary N) is 1. The molecule has 86 valence electrons. The van der Waals surface area contributed by atoms with E-state index in [0.29, 0.717) is 11.6 Å². The Morgan fingerprint density at radius 1 is 1.62 bits per heavy atom. The van der Waals surface area contributed by atoms with E-state index in [4.69, 9.17) is 0 Å². The van der Waals surface area contributed by atoms with Crippen LogP contribution in [0.5, 0.6) is 0 Å². The van der Waals surface area contributed by atoms with Crippen LogP contribution in [0.25, 0.3) is 0 Å². The molecule has 16 heavy (non-hydrogen) atoms. The Morgan fingerprint density at radius 2 is 2.44 bits per heavy atom. The van der Waals surface area contributed by atoms with E-state index in [1.54, 1.807) is 18.0 Å². The Balaban J connectivity index is 2.15. The number of aromatic nitrogens is 1. The topological polar surface area (TPSA) is 53.2 Å². The van der Waals surface area contributed by atoms with Crippen LogP contribution in [0.15, 0.2) is 23.1 Å². The van der Waals surface area contributed by atoms with Crippen molar-refractivity contribution >= 4 is 17.7 Å². The fourth-order valence-electron chi connectivity index (χ4n) is 1.77. The zero-order valence-electron chi connectivity index (χ0n) is 9.10. The van der Waals surface area contributed by atoms with Crippen LogP contribution in [0.2, 0.25) is 0 Å². The van der Waals surface area contributed by atoms with Gasteiger partial charge in [-0.25, -0.2) is 0 Å². The lowest BCUT2D eigenvalue weighted by Gasteiger charge is -2.23. The Hall–Kier alpha value is -1.23. The minimum absolute atomic E-state index is 0.0707. The zero-order chi connectivity index (χ0) is 11.5. The molecule has 1 saturated heterocycles. The summed E-state index contributed by atoms with van der Waals surface area (Å²) in [4.78, 5) is 27.4. The van der Waals surface area contributed by atoms with E-state index in [1.807, 2.05) is 11.8 Å². The first-order valence-corrected chi connectivity index (χ1v) is 6.37. The molecule has 0 aliphatic carbocycles. The summed E-state index contributed by atoms with van der Waals surface area (Å²) in [5, 5.41) is 0. The molecule has 1 N–H and O–H groups in total. The summed E-state index contributed by atoms with van der Waals surface area (Å²) in [7, 11) is 1.81. The summed E-state index contributed by atoms with van der Waals surface area (Å²) in [6.45, 7) is 0. The van der Waals surface area contributed by atoms with Crippen LogP contribution in [0.4, 0.5) is 0 Å². The maximum atomic E-state index is 12.0. The minimum Gasteiger partial charge on any atom is -0.338 e. The second-order valence-corrected chi connectivity index (χ2v) is 5.02. The molecule has 0 aromatic carbocycles. The van der Waals surface area contributed by atoms with Crippen molar-refractivity contribution in [3.05, 3.63) is 34.2 Å². The number of H-pyrrole nitrogens is 1. The average molecular weight is 238 g/mol. The van der Waals surface area contributed by atoms with E-state index in [1.165, 1.54) is 12.3 Å². The fraction of sp³-hybridized carbons (Fsp3) is 0.455. The fourth-order valence-corrected chi connectivity index (χ4v) is 3.04. The SMILES string of the molecule is CN(C(=O)c1cc[nH]c(=O)c1)C1CCSC1. The van der Waals surface area contributed by atoms with Crippen LogP contribution < -0.4 is 5.56 Å². The summed E-state index contributed by atoms with van der Waals surface area (Å²) < 4.78 is 0. The lowest BCUT2D eigenvalue weighted by molar-refractivity contribution is 0.0747. The molecule has 0 saturated carbocycles. The van der Waals surface area contributed by atoms with Crippen molar-refractivity contribution in [2.75, 3.05) is 18.6 Å². The van der Waals surface area contributed by atoms with Crippen LogP contribution in [-0.4, -0.2) is 40.4 Å². The van der Waals surface area contributed by atoms with Gasteiger partial charge in [-0.15, -0.1) is 0 Å². The molecular formula is C11H14N2O2S. The van der Waals surface area contributed by atoms with E-state index in [-0.39, 0.29) is 11.5 Å². The number of thioether (sulfide) groups is 1. The maximum absolute atomic E-state index is 12.0. The average Bonchev–Trinajstić information content (AvgIpc) is 2.80. The zero-order valence-corrected chi connectivity index (χ0v) is 9.92. The molecule has 1 atom stereocenters. The van der Waals surface area contributed by atoms with Gasteiger partial charge in [0.05, 0.1) is 0 Å². The molecule has 0 radical (unpaired) electrons. The van der Waals surface area contributed by atoms with Crippen molar-refractivity contribution in [3.8, 4) is 0 Å². The summed E-state index contributed by atoms with van der Waals surface area (Å²) in [6, 6.07) is 3.29. The molecule has 2 heterocycles. The molecule has 2 rings (SSSR count). The monoisotopic (exact) mass is 238 g/mol. The van der Waals surface area contributed by atoms with E-state index in [9.17, 15) is 9.59 Å². The Labute approximate surface area is 98.0 Å². The number of amides is 1. The first-order valence-electron chi connectivity index (χ1n) is 5.22. The highest BCUT2D eigenvalue weighted by Crippen LogP contribution is 2.22. The van der Waals surface area contributed by atoms with Crippen molar-refractivity contribution in [2.24, 2.45) is 0 Å². The van der Waals surface area contributed by atoms with E-state index in [2.05, 4.69) is 4.98 Å². The predicted octanol–water partition coefficient (Wildman–Crippen LogP) is 0.952. The molecule has 1 aromatic heterocycles. The largest absolute Gasteiger partial charge is 0.338 e. The molecule has 1 fully saturated rings. The molecule has 0 bridgehead atoms. The highest BCUT2D eigenvalue weighted by molar-refractivity contribution is 7.99. The summed E-state index contributed by atoms with van der Waals surface area (Å²) >= 11 is 1.86. The second-order valence-electron chi connectivity index (χ2n) is 3.88. The first kappa shape index (κ1) is 11.3. The van der Waals surface area contributed by atoms with Crippen molar-refractivity contribution in [2.45, 2.75) is 12.5 Å². The van der Waals surface area contributed by atoms with Gasteiger partial charge in [0.25, 0.3) is 5.91 Å². The van der Waals surface area contributed by atoms with Gasteiger partial charge in [-0.05, 0) is 18.2 Å². The van der Waals surface area contributed by atoms with Gasteiger partial charge in [0.15, 0.2) is 0 Å². The first-order chi connectivity index (χ1) is 7.68. The lowest BCUT2D eigenvalue weighted by atomic mass is 10.2. The van der Waals surface area contributed by atoms with Gasteiger partial charge in [0.2, 0.25) is 5.56 Å². The number of carbonyl (C=O) groups excluding carboxylic acids is 1. The molecule has 1 aliphatic rings. The summed E-state index contributed by atoms with van der Waals surface area (Å²) in [5.74, 6) is 2.03. The number of carbonyl (C=O) groups is 1. The number of nitrogens with zero attached hydrogens (tertiary/aromatic N) is 1. The van der Waals surface area contributed by atoms with Gasteiger partial charge in [-0.2, -0.15) is 11.8 Å². The quantitative estimate of drug-likeness (QED) is 0.834. The van der Waals surface area contributed by atoms with E-state index in [0.717, 1.165) is 17.9 Å². The molecule has 4 nitrogen and oxygen atoms in total. The van der Waals surface area contributed by atoms with Crippen LogP contribution >= 0.6 is 11.8 Å². The van der Waals surface area contributed by atoms with Gasteiger partial charge in [0, 0.05) is 36.7 Å². The van der Waals surface area contributed by atoms with Crippen LogP contribution in [0, 0.1) is 0 Å². The van der Waals surface area contributed by atoms with Crippen LogP contribution in [-0.2, 0) is 0 Å². The van der Waals surface area contributed by atoms with Crippen LogP contribution in [0.1, 0.15) is 16.8 Å². The smallest absolute Gasteiger partial charge is 0.254 e. The standard InChI is InChI=1S/C11H14N2O2S/c1-13(9-3-5-16-7-9)11(15)8-2-4-12-10(14)6-8/h2,4,6,9H,3,5,7H2,1H3,(H,12,14). The third-order valence-electron chi connectivity index (χ3n) is 2.80. The lowest BCUT2D eigenvalue weighted by Crippen LogP contribution is -2.37. The van der Waals surface area contributed by atoms with Gasteiger partial charge in [0.1, 0.15) is 0 Å². The third kappa shape index (κ3) is 2.29. The number of hydrogen-bond donors (Lipinski definition) is 1. The molecule has 5 heteroatoms. The van der Waals surface area contributed by atoms with Gasteiger partial charge in [-0.3, -0.25) is 9.59 Å².